The molecule has 0 unspecified atom stereocenters. The van der Waals surface area contributed by atoms with Crippen molar-refractivity contribution < 1.29 is 51.3 Å². The third kappa shape index (κ3) is 9.52. The molecule has 2 aliphatic heterocycles. The molecule has 2 aliphatic carbocycles. The van der Waals surface area contributed by atoms with Crippen LogP contribution in [0.2, 0.25) is 0 Å². The second-order valence-electron chi connectivity index (χ2n) is 26.7. The molecule has 0 saturated heterocycles. The molecule has 6 aromatic carbocycles. The molecule has 14 heteroatoms. The minimum atomic E-state index is -0.712. The van der Waals surface area contributed by atoms with Gasteiger partial charge in [0.2, 0.25) is 0 Å². The van der Waals surface area contributed by atoms with Gasteiger partial charge in [0, 0.05) is 21.4 Å². The predicted octanol–water partition coefficient (Wildman–Crippen LogP) is 13.8. The summed E-state index contributed by atoms with van der Waals surface area (Å²) < 4.78 is 7.60. The number of benzene rings is 6. The van der Waals surface area contributed by atoms with Gasteiger partial charge in [-0.25, -0.2) is 0 Å². The van der Waals surface area contributed by atoms with E-state index in [1.165, 1.54) is 66.8 Å². The first-order valence-electron chi connectivity index (χ1n) is 28.8. The number of rotatable bonds is 6. The van der Waals surface area contributed by atoms with Crippen molar-refractivity contribution in [3.8, 4) is 22.3 Å². The fourth-order valence-corrected chi connectivity index (χ4v) is 12.7. The van der Waals surface area contributed by atoms with E-state index < -0.39 is 10.8 Å². The van der Waals surface area contributed by atoms with E-state index in [1.807, 2.05) is 44.5 Å². The second kappa shape index (κ2) is 21.5. The van der Waals surface area contributed by atoms with Gasteiger partial charge in [-0.1, -0.05) is 168 Å². The molecule has 4 aromatic heterocycles. The van der Waals surface area contributed by atoms with Gasteiger partial charge in [-0.05, 0) is 88.4 Å². The topological polar surface area (TPSA) is 118 Å². The Hall–Kier alpha value is -7.96. The van der Waals surface area contributed by atoms with Crippen molar-refractivity contribution in [2.45, 2.75) is 116 Å². The molecule has 4 aliphatic rings. The third-order valence-electron chi connectivity index (χ3n) is 17.2. The monoisotopic (exact) mass is 1490 g/mol. The quantitative estimate of drug-likeness (QED) is 0.119. The number of hydrogen-bond donors (Lipinski definition) is 0. The van der Waals surface area contributed by atoms with Gasteiger partial charge in [0.25, 0.3) is 0 Å². The third-order valence-corrected chi connectivity index (χ3v) is 17.2. The van der Waals surface area contributed by atoms with Gasteiger partial charge in [-0.3, -0.25) is 0 Å². The summed E-state index contributed by atoms with van der Waals surface area (Å²) in [5.74, 6) is 2.98. The second-order valence-corrected chi connectivity index (χ2v) is 26.7. The van der Waals surface area contributed by atoms with E-state index in [0.717, 1.165) is 57.2 Å². The van der Waals surface area contributed by atoms with Gasteiger partial charge in [0.1, 0.15) is 14.1 Å². The Morgan fingerprint density at radius 3 is 0.977 bits per heavy atom. The normalized spacial score (nSPS) is 14.8. The number of nitrogens with zero attached hydrogens (tertiary/aromatic N) is 12. The Labute approximate surface area is 533 Å². The molecule has 0 atom stereocenters. The minimum absolute atomic E-state index is 0. The Balaban J connectivity index is 0.000000175. The summed E-state index contributed by atoms with van der Waals surface area (Å²) in [6.07, 6.45) is 10.4. The summed E-state index contributed by atoms with van der Waals surface area (Å²) in [5, 5.41) is 18.3. The zero-order valence-corrected chi connectivity index (χ0v) is 55.6. The van der Waals surface area contributed by atoms with Crippen LogP contribution >= 0.6 is 0 Å². The summed E-state index contributed by atoms with van der Waals surface area (Å²) in [6.45, 7) is 27.2. The zero-order chi connectivity index (χ0) is 58.9. The van der Waals surface area contributed by atoms with Crippen LogP contribution in [0.5, 0.6) is 0 Å². The van der Waals surface area contributed by atoms with Crippen LogP contribution in [0.15, 0.2) is 159 Å². The van der Waals surface area contributed by atoms with E-state index in [9.17, 15) is 0 Å². The number of hydrogen-bond acceptors (Lipinski definition) is 6. The van der Waals surface area contributed by atoms with Crippen molar-refractivity contribution in [2.24, 2.45) is 0 Å². The van der Waals surface area contributed by atoms with Crippen LogP contribution in [-0.2, 0) is 74.6 Å². The maximum Gasteiger partial charge on any atom is 2.00 e. The van der Waals surface area contributed by atoms with Crippen molar-refractivity contribution in [2.75, 3.05) is 14.1 Å². The first kappa shape index (κ1) is 59.8. The summed E-state index contributed by atoms with van der Waals surface area (Å²) in [7, 11) is 3.87. The van der Waals surface area contributed by atoms with Crippen LogP contribution in [0.25, 0.3) is 22.3 Å². The fourth-order valence-electron chi connectivity index (χ4n) is 12.7. The molecule has 14 rings (SSSR count). The van der Waals surface area contributed by atoms with Crippen molar-refractivity contribution in [3.63, 3.8) is 0 Å². The largest absolute Gasteiger partial charge is 2.00 e. The Morgan fingerprint density at radius 1 is 0.395 bits per heavy atom. The van der Waals surface area contributed by atoms with Crippen LogP contribution < -0.4 is 19.3 Å². The number of fused-ring (bicyclic) bond motifs is 8. The zero-order valence-electron chi connectivity index (χ0n) is 51.0. The van der Waals surface area contributed by atoms with Crippen LogP contribution in [0, 0.1) is 12.1 Å². The molecule has 10 aromatic rings. The van der Waals surface area contributed by atoms with Crippen LogP contribution in [-0.4, -0.2) is 65.4 Å². The van der Waals surface area contributed by atoms with Gasteiger partial charge in [0.05, 0.1) is 34.6 Å². The maximum atomic E-state index is 4.77. The van der Waals surface area contributed by atoms with E-state index in [4.69, 9.17) is 10.2 Å². The van der Waals surface area contributed by atoms with E-state index in [2.05, 4.69) is 247 Å². The summed E-state index contributed by atoms with van der Waals surface area (Å²) >= 11 is 0. The standard InChI is InChI=1S/2C36H34N6.2Pt/c2*1-34(2,3)23-11-13-27-28-14-12-24(35(4,5)6)21-30(28)36(29(27)20-23,31-15-16-39-40-31)25-9-8-10-26(19-25)42-22-41(7)32-33(42)38-18-17-37-32;;/h2*8-18,20-21H,1-7H3;;/q;;2*+2. The van der Waals surface area contributed by atoms with Crippen LogP contribution in [0.1, 0.15) is 150 Å². The van der Waals surface area contributed by atoms with Crippen molar-refractivity contribution in [1.29, 1.82) is 0 Å². The van der Waals surface area contributed by atoms with Gasteiger partial charge >= 0.3 is 77.4 Å². The average molecular weight is 1490 g/mol. The van der Waals surface area contributed by atoms with Crippen molar-refractivity contribution in [1.82, 2.24) is 49.5 Å². The fraction of sp³-hybridized carbons (Fsp3) is 0.278. The van der Waals surface area contributed by atoms with Gasteiger partial charge < -0.3 is 20.4 Å². The maximum absolute atomic E-state index is 4.77. The smallest absolute Gasteiger partial charge is 0.581 e. The Kier molecular flexibility index (Phi) is 14.9. The van der Waals surface area contributed by atoms with Crippen molar-refractivity contribution in [3.05, 3.63) is 238 Å². The average Bonchev–Trinajstić information content (AvgIpc) is 1.56. The SMILES string of the molecule is C[N+]1=C=[N+](c2[c-]c(C3(c4cc[n-]n4)c4cc(C(C)(C)C)ccc4-c4ccc(C(C)(C)C)cc43)ccc2)c2nccnc21.C[N+]1=C=[N+](c2[c-]c(C3(c4cc[n-]n4)c4cc(C(C)(C)C)ccc4-c4ccc(C(C)(C)C)cc43)ccc2)c2nccnc21.[Pt+2].[Pt+2]. The van der Waals surface area contributed by atoms with E-state index >= 15 is 0 Å². The molecule has 0 radical (unpaired) electrons. The summed E-state index contributed by atoms with van der Waals surface area (Å²) in [5.41, 5.74) is 18.7. The van der Waals surface area contributed by atoms with Crippen LogP contribution in [0.4, 0.5) is 34.6 Å². The summed E-state index contributed by atoms with van der Waals surface area (Å²) in [6, 6.07) is 58.9. The molecule has 0 bridgehead atoms. The molecular weight excluding hydrogens is 1420 g/mol. The molecular formula is C72H68N12Pt2+4. The van der Waals surface area contributed by atoms with E-state index in [-0.39, 0.29) is 63.8 Å². The molecule has 12 nitrogen and oxygen atoms in total. The predicted molar refractivity (Wildman–Crippen MR) is 331 cm³/mol. The van der Waals surface area contributed by atoms with Gasteiger partial charge in [0.15, 0.2) is 12.4 Å². The Morgan fingerprint density at radius 2 is 0.698 bits per heavy atom. The van der Waals surface area contributed by atoms with Gasteiger partial charge in [-0.2, -0.15) is 46.6 Å². The molecule has 0 amide bonds. The van der Waals surface area contributed by atoms with Crippen LogP contribution in [0.3, 0.4) is 0 Å². The Bertz CT molecular complexity index is 4060. The molecule has 432 valence electrons. The minimum Gasteiger partial charge on any atom is -0.581 e. The number of aromatic nitrogens is 8. The van der Waals surface area contributed by atoms with E-state index in [0.29, 0.717) is 0 Å². The molecule has 0 N–H and O–H groups in total. The molecule has 86 heavy (non-hydrogen) atoms. The summed E-state index contributed by atoms with van der Waals surface area (Å²) in [4.78, 5) is 18.3. The van der Waals surface area contributed by atoms with Gasteiger partial charge in [-0.15, -0.1) is 53.7 Å². The molecule has 0 fully saturated rings. The van der Waals surface area contributed by atoms with E-state index in [1.54, 1.807) is 37.2 Å². The molecule has 0 saturated carbocycles. The molecule has 0 spiro atoms. The molecule has 6 heterocycles. The van der Waals surface area contributed by atoms with Crippen molar-refractivity contribution >= 4 is 46.7 Å². The first-order valence-corrected chi connectivity index (χ1v) is 28.8. The first-order chi connectivity index (χ1) is 40.0.